The van der Waals surface area contributed by atoms with E-state index in [1.54, 1.807) is 4.90 Å². The van der Waals surface area contributed by atoms with Crippen LogP contribution in [0.1, 0.15) is 44.4 Å². The van der Waals surface area contributed by atoms with Crippen LogP contribution in [0.25, 0.3) is 6.08 Å². The lowest BCUT2D eigenvalue weighted by atomic mass is 10.1. The fourth-order valence-corrected chi connectivity index (χ4v) is 6.41. The number of thioether (sulfide) groups is 1. The molecule has 31 heavy (non-hydrogen) atoms. The van der Waals surface area contributed by atoms with Crippen LogP contribution < -0.4 is 4.74 Å². The zero-order chi connectivity index (χ0) is 22.7. The van der Waals surface area contributed by atoms with Crippen LogP contribution in [0.5, 0.6) is 5.75 Å². The lowest BCUT2D eigenvalue weighted by molar-refractivity contribution is -0.123. The number of nitrogens with zero attached hydrogens (tertiary/aromatic N) is 2. The molecule has 1 saturated heterocycles. The number of hydrogen-bond donors (Lipinski definition) is 0. The van der Waals surface area contributed by atoms with E-state index in [1.807, 2.05) is 33.8 Å². The number of carbonyl (C=O) groups is 1. The van der Waals surface area contributed by atoms with E-state index < -0.39 is 0 Å². The third-order valence-electron chi connectivity index (χ3n) is 4.54. The lowest BCUT2D eigenvalue weighted by Crippen LogP contribution is -2.35. The quantitative estimate of drug-likeness (QED) is 0.251. The smallest absolute Gasteiger partial charge is 0.266 e. The van der Waals surface area contributed by atoms with Crippen LogP contribution in [0.2, 0.25) is 0 Å². The highest BCUT2D eigenvalue weighted by Gasteiger charge is 2.35. The third kappa shape index (κ3) is 6.25. The SMILES string of the molecule is Cc1ccc(COc2c(I)cc(/C=C3/SC(=NC(C)C)N(C(C)C)C3=O)cc2I)cc1. The van der Waals surface area contributed by atoms with Gasteiger partial charge in [-0.25, -0.2) is 0 Å². The highest BCUT2D eigenvalue weighted by Crippen LogP contribution is 2.36. The molecule has 1 fully saturated rings. The van der Waals surface area contributed by atoms with Gasteiger partial charge in [0.2, 0.25) is 0 Å². The lowest BCUT2D eigenvalue weighted by Gasteiger charge is -2.20. The van der Waals surface area contributed by atoms with Crippen molar-refractivity contribution in [3.05, 3.63) is 65.1 Å². The van der Waals surface area contributed by atoms with Crippen LogP contribution in [-0.4, -0.2) is 28.1 Å². The van der Waals surface area contributed by atoms with Gasteiger partial charge in [0.15, 0.2) is 5.17 Å². The summed E-state index contributed by atoms with van der Waals surface area (Å²) in [5.74, 6) is 0.893. The van der Waals surface area contributed by atoms with Crippen LogP contribution in [0, 0.1) is 14.1 Å². The molecule has 1 aliphatic rings. The maximum absolute atomic E-state index is 13.0. The van der Waals surface area contributed by atoms with Gasteiger partial charge in [0.25, 0.3) is 5.91 Å². The molecule has 2 aromatic carbocycles. The largest absolute Gasteiger partial charge is 0.487 e. The third-order valence-corrected chi connectivity index (χ3v) is 7.14. The molecule has 0 saturated carbocycles. The minimum Gasteiger partial charge on any atom is -0.487 e. The van der Waals surface area contributed by atoms with Gasteiger partial charge >= 0.3 is 0 Å². The van der Waals surface area contributed by atoms with Crippen LogP contribution >= 0.6 is 56.9 Å². The molecule has 164 valence electrons. The predicted octanol–water partition coefficient (Wildman–Crippen LogP) is 6.87. The number of halogens is 2. The molecule has 0 aromatic heterocycles. The van der Waals surface area contributed by atoms with E-state index in [1.165, 1.54) is 17.3 Å². The highest BCUT2D eigenvalue weighted by atomic mass is 127. The topological polar surface area (TPSA) is 41.9 Å². The van der Waals surface area contributed by atoms with Gasteiger partial charge in [0.1, 0.15) is 12.4 Å². The van der Waals surface area contributed by atoms with Crippen molar-refractivity contribution >= 4 is 74.1 Å². The van der Waals surface area contributed by atoms with Crippen molar-refractivity contribution in [3.63, 3.8) is 0 Å². The van der Waals surface area contributed by atoms with Crippen LogP contribution in [-0.2, 0) is 11.4 Å². The van der Waals surface area contributed by atoms with Gasteiger partial charge in [-0.05, 0) is 121 Å². The number of carbonyl (C=O) groups excluding carboxylic acids is 1. The molecule has 0 bridgehead atoms. The van der Waals surface area contributed by atoms with Crippen molar-refractivity contribution in [2.24, 2.45) is 4.99 Å². The maximum Gasteiger partial charge on any atom is 0.266 e. The molecule has 2 aromatic rings. The number of amides is 1. The number of aliphatic imine (C=N–C) groups is 1. The first-order valence-electron chi connectivity index (χ1n) is 10.1. The predicted molar refractivity (Wildman–Crippen MR) is 148 cm³/mol. The molecule has 0 unspecified atom stereocenters. The second kappa shape index (κ2) is 10.7. The van der Waals surface area contributed by atoms with E-state index in [2.05, 4.69) is 93.5 Å². The molecular formula is C24H26I2N2O2S. The minimum atomic E-state index is 0.0177. The Morgan fingerprint density at radius 3 is 2.26 bits per heavy atom. The normalized spacial score (nSPS) is 16.9. The average molecular weight is 660 g/mol. The summed E-state index contributed by atoms with van der Waals surface area (Å²) < 4.78 is 8.16. The Labute approximate surface area is 216 Å². The van der Waals surface area contributed by atoms with Gasteiger partial charge in [-0.15, -0.1) is 0 Å². The molecular weight excluding hydrogens is 634 g/mol. The minimum absolute atomic E-state index is 0.0177. The molecule has 0 N–H and O–H groups in total. The van der Waals surface area contributed by atoms with Crippen molar-refractivity contribution in [2.75, 3.05) is 0 Å². The van der Waals surface area contributed by atoms with E-state index in [0.717, 1.165) is 29.2 Å². The summed E-state index contributed by atoms with van der Waals surface area (Å²) >= 11 is 6.06. The van der Waals surface area contributed by atoms with E-state index in [9.17, 15) is 4.79 Å². The molecule has 4 nitrogen and oxygen atoms in total. The number of aryl methyl sites for hydroxylation is 1. The van der Waals surface area contributed by atoms with Crippen molar-refractivity contribution in [1.29, 1.82) is 0 Å². The first kappa shape index (κ1) is 24.6. The van der Waals surface area contributed by atoms with E-state index in [0.29, 0.717) is 11.5 Å². The summed E-state index contributed by atoms with van der Waals surface area (Å²) in [6.45, 7) is 10.7. The Kier molecular flexibility index (Phi) is 8.48. The highest BCUT2D eigenvalue weighted by molar-refractivity contribution is 14.1. The summed E-state index contributed by atoms with van der Waals surface area (Å²) in [4.78, 5) is 20.1. The summed E-state index contributed by atoms with van der Waals surface area (Å²) in [5, 5.41) is 0.781. The first-order valence-corrected chi connectivity index (χ1v) is 13.1. The van der Waals surface area contributed by atoms with Crippen LogP contribution in [0.3, 0.4) is 0 Å². The molecule has 0 radical (unpaired) electrons. The fourth-order valence-electron chi connectivity index (χ4n) is 3.04. The summed E-state index contributed by atoms with van der Waals surface area (Å²) in [5.41, 5.74) is 3.37. The van der Waals surface area contributed by atoms with Crippen molar-refractivity contribution < 1.29 is 9.53 Å². The van der Waals surface area contributed by atoms with Gasteiger partial charge in [-0.3, -0.25) is 14.7 Å². The standard InChI is InChI=1S/C24H26I2N2O2S/c1-14(2)27-24-28(15(3)4)23(29)21(31-24)12-18-10-19(25)22(20(26)11-18)30-13-17-8-6-16(5)7-9-17/h6-12,14-15H,13H2,1-5H3/b21-12+,27-24?. The van der Waals surface area contributed by atoms with E-state index in [4.69, 9.17) is 4.74 Å². The second-order valence-electron chi connectivity index (χ2n) is 7.97. The van der Waals surface area contributed by atoms with Crippen molar-refractivity contribution in [2.45, 2.75) is 53.3 Å². The number of hydrogen-bond acceptors (Lipinski definition) is 4. The summed E-state index contributed by atoms with van der Waals surface area (Å²) in [7, 11) is 0. The van der Waals surface area contributed by atoms with Gasteiger partial charge in [0, 0.05) is 12.1 Å². The Bertz CT molecular complexity index is 1010. The number of benzene rings is 2. The van der Waals surface area contributed by atoms with Gasteiger partial charge in [0.05, 0.1) is 12.0 Å². The van der Waals surface area contributed by atoms with Gasteiger partial charge in [-0.1, -0.05) is 29.8 Å². The molecule has 1 amide bonds. The van der Waals surface area contributed by atoms with E-state index in [-0.39, 0.29) is 18.0 Å². The van der Waals surface area contributed by atoms with Gasteiger partial charge < -0.3 is 4.74 Å². The zero-order valence-corrected chi connectivity index (χ0v) is 23.4. The molecule has 1 heterocycles. The second-order valence-corrected chi connectivity index (χ2v) is 11.3. The maximum atomic E-state index is 13.0. The number of rotatable bonds is 6. The Hall–Kier alpha value is -1.07. The van der Waals surface area contributed by atoms with Crippen LogP contribution in [0.4, 0.5) is 0 Å². The number of ether oxygens (including phenoxy) is 1. The molecule has 0 aliphatic carbocycles. The average Bonchev–Trinajstić information content (AvgIpc) is 2.96. The Morgan fingerprint density at radius 2 is 1.71 bits per heavy atom. The molecule has 0 atom stereocenters. The van der Waals surface area contributed by atoms with Gasteiger partial charge in [-0.2, -0.15) is 0 Å². The fraction of sp³-hybridized carbons (Fsp3) is 0.333. The summed E-state index contributed by atoms with van der Waals surface area (Å²) in [6.07, 6.45) is 1.96. The monoisotopic (exact) mass is 660 g/mol. The van der Waals surface area contributed by atoms with E-state index >= 15 is 0 Å². The van der Waals surface area contributed by atoms with Crippen molar-refractivity contribution in [1.82, 2.24) is 4.90 Å². The Morgan fingerprint density at radius 1 is 1.10 bits per heavy atom. The number of amidine groups is 1. The summed E-state index contributed by atoms with van der Waals surface area (Å²) in [6, 6.07) is 12.7. The first-order chi connectivity index (χ1) is 14.7. The molecule has 1 aliphatic heterocycles. The molecule has 7 heteroatoms. The molecule has 0 spiro atoms. The van der Waals surface area contributed by atoms with Crippen LogP contribution in [0.15, 0.2) is 46.3 Å². The molecule has 3 rings (SSSR count). The van der Waals surface area contributed by atoms with Crippen molar-refractivity contribution in [3.8, 4) is 5.75 Å². The zero-order valence-electron chi connectivity index (χ0n) is 18.3. The Balaban J connectivity index is 1.83.